The highest BCUT2D eigenvalue weighted by Crippen LogP contribution is 2.37. The Morgan fingerprint density at radius 2 is 1.89 bits per heavy atom. The van der Waals surface area contributed by atoms with Crippen LogP contribution in [0.5, 0.6) is 0 Å². The summed E-state index contributed by atoms with van der Waals surface area (Å²) in [4.78, 5) is 13.2. The number of hydrogen-bond donors (Lipinski definition) is 2. The number of rotatable bonds is 4. The van der Waals surface area contributed by atoms with E-state index >= 15 is 0 Å². The smallest absolute Gasteiger partial charge is 0.240 e. The van der Waals surface area contributed by atoms with Gasteiger partial charge >= 0.3 is 0 Å². The number of anilines is 1. The molecule has 1 aliphatic heterocycles. The van der Waals surface area contributed by atoms with Crippen LogP contribution in [0.4, 0.5) is 5.69 Å². The molecule has 4 rings (SSSR count). The second-order valence-electron chi connectivity index (χ2n) is 6.42. The molecule has 138 valence electrons. The Kier molecular flexibility index (Phi) is 4.85. The second-order valence-corrected chi connectivity index (χ2v) is 7.53. The minimum absolute atomic E-state index is 0.0471. The van der Waals surface area contributed by atoms with Crippen LogP contribution in [0.1, 0.15) is 29.9 Å². The molecule has 0 bridgehead atoms. The zero-order valence-electron chi connectivity index (χ0n) is 15.2. The molecule has 0 saturated carbocycles. The minimum atomic E-state index is -0.367. The fourth-order valence-corrected chi connectivity index (χ4v) is 4.35. The van der Waals surface area contributed by atoms with E-state index in [0.29, 0.717) is 5.16 Å². The van der Waals surface area contributed by atoms with E-state index in [-0.39, 0.29) is 17.2 Å². The lowest BCUT2D eigenvalue weighted by atomic mass is 10.0. The molecule has 0 saturated heterocycles. The van der Waals surface area contributed by atoms with Crippen molar-refractivity contribution in [2.24, 2.45) is 0 Å². The number of hydrogen-bond acceptors (Lipinski definition) is 5. The molecule has 3 aromatic rings. The van der Waals surface area contributed by atoms with Gasteiger partial charge in [0.1, 0.15) is 11.1 Å². The number of para-hydroxylation sites is 1. The first-order valence-electron chi connectivity index (χ1n) is 8.96. The van der Waals surface area contributed by atoms with Crippen molar-refractivity contribution in [3.8, 4) is 0 Å². The number of thioether (sulfide) groups is 1. The predicted octanol–water partition coefficient (Wildman–Crippen LogP) is 3.55. The van der Waals surface area contributed by atoms with Crippen molar-refractivity contribution >= 4 is 23.4 Å². The van der Waals surface area contributed by atoms with Crippen LogP contribution in [0, 0.1) is 6.92 Å². The van der Waals surface area contributed by atoms with Gasteiger partial charge < -0.3 is 10.7 Å². The summed E-state index contributed by atoms with van der Waals surface area (Å²) in [6.07, 6.45) is 0.863. The number of aromatic nitrogens is 3. The summed E-state index contributed by atoms with van der Waals surface area (Å²) in [5.41, 5.74) is 6.45. The molecule has 1 aromatic heterocycles. The fourth-order valence-electron chi connectivity index (χ4n) is 3.23. The van der Waals surface area contributed by atoms with Crippen molar-refractivity contribution in [1.82, 2.24) is 14.9 Å². The molecule has 0 unspecified atom stereocenters. The highest BCUT2D eigenvalue weighted by molar-refractivity contribution is 8.00. The van der Waals surface area contributed by atoms with Crippen molar-refractivity contribution < 1.29 is 4.79 Å². The van der Waals surface area contributed by atoms with Crippen LogP contribution < -0.4 is 10.7 Å². The van der Waals surface area contributed by atoms with E-state index in [0.717, 1.165) is 29.1 Å². The first kappa shape index (κ1) is 17.6. The first-order chi connectivity index (χ1) is 13.2. The van der Waals surface area contributed by atoms with Gasteiger partial charge in [0.2, 0.25) is 11.1 Å². The number of aryl methyl sites for hydroxylation is 2. The van der Waals surface area contributed by atoms with Gasteiger partial charge in [-0.3, -0.25) is 4.79 Å². The lowest BCUT2D eigenvalue weighted by Crippen LogP contribution is -2.41. The average molecular weight is 379 g/mol. The van der Waals surface area contributed by atoms with Crippen LogP contribution in [-0.4, -0.2) is 26.0 Å². The molecule has 6 nitrogen and oxygen atoms in total. The summed E-state index contributed by atoms with van der Waals surface area (Å²) in [7, 11) is 0. The maximum absolute atomic E-state index is 13.2. The van der Waals surface area contributed by atoms with Crippen molar-refractivity contribution in [3.63, 3.8) is 0 Å². The summed E-state index contributed by atoms with van der Waals surface area (Å²) in [6.45, 7) is 3.98. The molecule has 2 heterocycles. The number of carbonyl (C=O) groups excluding carboxylic acids is 1. The molecule has 2 aromatic carbocycles. The van der Waals surface area contributed by atoms with E-state index in [1.165, 1.54) is 11.8 Å². The highest BCUT2D eigenvalue weighted by atomic mass is 32.2. The third kappa shape index (κ3) is 3.42. The Morgan fingerprint density at radius 1 is 1.15 bits per heavy atom. The average Bonchev–Trinajstić information content (AvgIpc) is 3.08. The summed E-state index contributed by atoms with van der Waals surface area (Å²) in [6, 6.07) is 17.7. The highest BCUT2D eigenvalue weighted by Gasteiger charge is 2.37. The van der Waals surface area contributed by atoms with Crippen LogP contribution in [0.25, 0.3) is 0 Å². The van der Waals surface area contributed by atoms with Crippen LogP contribution >= 0.6 is 11.8 Å². The number of amides is 1. The first-order valence-corrected chi connectivity index (χ1v) is 9.84. The SMILES string of the molecule is CCc1ccccc1NC(=O)[C@@H]1Sc2nnc(C)n2N[C@@H]1c1ccccc1. The lowest BCUT2D eigenvalue weighted by molar-refractivity contribution is -0.116. The van der Waals surface area contributed by atoms with Gasteiger partial charge in [-0.1, -0.05) is 67.2 Å². The van der Waals surface area contributed by atoms with Gasteiger partial charge in [-0.2, -0.15) is 0 Å². The Hall–Kier alpha value is -2.80. The van der Waals surface area contributed by atoms with Crippen LogP contribution in [-0.2, 0) is 11.2 Å². The Bertz CT molecular complexity index is 956. The van der Waals surface area contributed by atoms with Gasteiger partial charge in [-0.05, 0) is 30.5 Å². The van der Waals surface area contributed by atoms with Gasteiger partial charge in [0, 0.05) is 5.69 Å². The minimum Gasteiger partial charge on any atom is -0.325 e. The van der Waals surface area contributed by atoms with Gasteiger partial charge in [-0.25, -0.2) is 4.68 Å². The van der Waals surface area contributed by atoms with Crippen LogP contribution in [0.15, 0.2) is 59.8 Å². The standard InChI is InChI=1S/C20H21N5OS/c1-3-14-9-7-8-12-16(14)21-19(26)18-17(15-10-5-4-6-11-15)24-25-13(2)22-23-20(25)27-18/h4-12,17-18,24H,3H2,1-2H3,(H,21,26)/t17-,18-/m1/s1. The molecule has 2 N–H and O–H groups in total. The normalized spacial score (nSPS) is 18.4. The molecule has 0 aliphatic carbocycles. The second kappa shape index (κ2) is 7.44. The topological polar surface area (TPSA) is 71.8 Å². The molecule has 1 aliphatic rings. The molecule has 2 atom stereocenters. The van der Waals surface area contributed by atoms with E-state index < -0.39 is 0 Å². The number of nitrogens with one attached hydrogen (secondary N) is 2. The van der Waals surface area contributed by atoms with Gasteiger partial charge in [0.25, 0.3) is 0 Å². The van der Waals surface area contributed by atoms with Crippen LogP contribution in [0.3, 0.4) is 0 Å². The number of carbonyl (C=O) groups is 1. The monoisotopic (exact) mass is 379 g/mol. The molecule has 1 amide bonds. The number of fused-ring (bicyclic) bond motifs is 1. The largest absolute Gasteiger partial charge is 0.325 e. The van der Waals surface area contributed by atoms with Gasteiger partial charge in [-0.15, -0.1) is 10.2 Å². The zero-order chi connectivity index (χ0) is 18.8. The predicted molar refractivity (Wildman–Crippen MR) is 107 cm³/mol. The molecule has 0 radical (unpaired) electrons. The molecular formula is C20H21N5OS. The molecule has 7 heteroatoms. The van der Waals surface area contributed by atoms with Gasteiger partial charge in [0.05, 0.1) is 6.04 Å². The lowest BCUT2D eigenvalue weighted by Gasteiger charge is -2.32. The third-order valence-corrected chi connectivity index (χ3v) is 5.89. The van der Waals surface area contributed by atoms with E-state index in [9.17, 15) is 4.79 Å². The third-order valence-electron chi connectivity index (χ3n) is 4.67. The fraction of sp³-hybridized carbons (Fsp3) is 0.250. The molecule has 0 spiro atoms. The maximum atomic E-state index is 13.2. The van der Waals surface area contributed by atoms with E-state index in [1.54, 1.807) is 0 Å². The number of nitrogens with zero attached hydrogens (tertiary/aromatic N) is 3. The van der Waals surface area contributed by atoms with Crippen LogP contribution in [0.2, 0.25) is 0 Å². The van der Waals surface area contributed by atoms with E-state index in [2.05, 4.69) is 27.9 Å². The summed E-state index contributed by atoms with van der Waals surface area (Å²) < 4.78 is 1.85. The van der Waals surface area contributed by atoms with Gasteiger partial charge in [0.15, 0.2) is 0 Å². The van der Waals surface area contributed by atoms with E-state index in [1.807, 2.05) is 66.2 Å². The zero-order valence-corrected chi connectivity index (χ0v) is 16.0. The maximum Gasteiger partial charge on any atom is 0.240 e. The summed E-state index contributed by atoms with van der Waals surface area (Å²) in [5, 5.41) is 11.8. The van der Waals surface area contributed by atoms with Crippen molar-refractivity contribution in [1.29, 1.82) is 0 Å². The molecular weight excluding hydrogens is 358 g/mol. The Morgan fingerprint density at radius 3 is 2.67 bits per heavy atom. The van der Waals surface area contributed by atoms with E-state index in [4.69, 9.17) is 0 Å². The quantitative estimate of drug-likeness (QED) is 0.725. The summed E-state index contributed by atoms with van der Waals surface area (Å²) in [5.74, 6) is 0.725. The van der Waals surface area contributed by atoms with Crippen molar-refractivity contribution in [2.45, 2.75) is 36.7 Å². The number of benzene rings is 2. The summed E-state index contributed by atoms with van der Waals surface area (Å²) >= 11 is 1.44. The van der Waals surface area contributed by atoms with Crippen molar-refractivity contribution in [3.05, 3.63) is 71.5 Å². The Balaban J connectivity index is 1.66. The molecule has 27 heavy (non-hydrogen) atoms. The Labute approximate surface area is 162 Å². The van der Waals surface area contributed by atoms with Crippen molar-refractivity contribution in [2.75, 3.05) is 10.7 Å². The molecule has 0 fully saturated rings.